The monoisotopic (exact) mass is 427 g/mol. The van der Waals surface area contributed by atoms with Gasteiger partial charge in [0.1, 0.15) is 24.2 Å². The Bertz CT molecular complexity index is 773. The standard InChI is InChI=1S/C26H37NO4/c1-5-6-7-12-26(28)31-24(19-27(2)3)20-30-25-11-9-8-10-22(25)16-13-21-14-17-23(29-4)18-15-21/h8-11,14-15,17-18,24H,5-7,12-13,16,19-20H2,1-4H3/t24-/m1/s1. The number of para-hydroxylation sites is 1. The van der Waals surface area contributed by atoms with E-state index in [4.69, 9.17) is 14.2 Å². The fourth-order valence-electron chi connectivity index (χ4n) is 3.40. The van der Waals surface area contributed by atoms with Gasteiger partial charge in [-0.3, -0.25) is 4.79 Å². The van der Waals surface area contributed by atoms with Crippen molar-refractivity contribution in [1.82, 2.24) is 4.90 Å². The summed E-state index contributed by atoms with van der Waals surface area (Å²) in [5.41, 5.74) is 2.40. The van der Waals surface area contributed by atoms with Gasteiger partial charge in [-0.1, -0.05) is 50.1 Å². The summed E-state index contributed by atoms with van der Waals surface area (Å²) < 4.78 is 17.1. The Morgan fingerprint density at radius 3 is 2.42 bits per heavy atom. The van der Waals surface area contributed by atoms with Crippen molar-refractivity contribution in [3.63, 3.8) is 0 Å². The number of ether oxygens (including phenoxy) is 3. The van der Waals surface area contributed by atoms with Crippen LogP contribution in [0.5, 0.6) is 11.5 Å². The van der Waals surface area contributed by atoms with Crippen LogP contribution in [0.2, 0.25) is 0 Å². The predicted octanol–water partition coefficient (Wildman–Crippen LogP) is 4.91. The number of hydrogen-bond donors (Lipinski definition) is 0. The van der Waals surface area contributed by atoms with Gasteiger partial charge < -0.3 is 19.1 Å². The zero-order chi connectivity index (χ0) is 22.5. The van der Waals surface area contributed by atoms with E-state index in [1.54, 1.807) is 7.11 Å². The van der Waals surface area contributed by atoms with Crippen molar-refractivity contribution in [3.05, 3.63) is 59.7 Å². The van der Waals surface area contributed by atoms with Crippen molar-refractivity contribution < 1.29 is 19.0 Å². The molecule has 1 atom stereocenters. The van der Waals surface area contributed by atoms with Crippen molar-refractivity contribution in [1.29, 1.82) is 0 Å². The Balaban J connectivity index is 1.94. The lowest BCUT2D eigenvalue weighted by Gasteiger charge is -2.22. The summed E-state index contributed by atoms with van der Waals surface area (Å²) in [6, 6.07) is 16.2. The fourth-order valence-corrected chi connectivity index (χ4v) is 3.40. The number of methoxy groups -OCH3 is 1. The second kappa shape index (κ2) is 13.7. The van der Waals surface area contributed by atoms with Crippen molar-refractivity contribution in [2.24, 2.45) is 0 Å². The number of carbonyl (C=O) groups is 1. The molecule has 31 heavy (non-hydrogen) atoms. The Kier molecular flexibility index (Phi) is 10.9. The zero-order valence-electron chi connectivity index (χ0n) is 19.4. The quantitative estimate of drug-likeness (QED) is 0.317. The normalized spacial score (nSPS) is 11.9. The number of benzene rings is 2. The largest absolute Gasteiger partial charge is 0.497 e. The molecule has 5 heteroatoms. The summed E-state index contributed by atoms with van der Waals surface area (Å²) in [7, 11) is 5.62. The third-order valence-electron chi connectivity index (χ3n) is 5.09. The molecule has 2 aromatic carbocycles. The smallest absolute Gasteiger partial charge is 0.306 e. The number of nitrogens with zero attached hydrogens (tertiary/aromatic N) is 1. The van der Waals surface area contributed by atoms with Crippen LogP contribution in [0, 0.1) is 0 Å². The van der Waals surface area contributed by atoms with E-state index in [0.29, 0.717) is 19.6 Å². The van der Waals surface area contributed by atoms with Crippen LogP contribution in [-0.4, -0.2) is 51.3 Å². The molecule has 2 rings (SSSR count). The van der Waals surface area contributed by atoms with Crippen molar-refractivity contribution >= 4 is 5.97 Å². The predicted molar refractivity (Wildman–Crippen MR) is 125 cm³/mol. The molecule has 0 fully saturated rings. The van der Waals surface area contributed by atoms with E-state index >= 15 is 0 Å². The maximum Gasteiger partial charge on any atom is 0.306 e. The minimum atomic E-state index is -0.293. The Morgan fingerprint density at radius 2 is 1.74 bits per heavy atom. The second-order valence-corrected chi connectivity index (χ2v) is 8.10. The van der Waals surface area contributed by atoms with Crippen LogP contribution in [0.1, 0.15) is 43.7 Å². The van der Waals surface area contributed by atoms with Gasteiger partial charge in [-0.05, 0) is 62.7 Å². The molecule has 0 saturated heterocycles. The molecule has 5 nitrogen and oxygen atoms in total. The maximum atomic E-state index is 12.2. The second-order valence-electron chi connectivity index (χ2n) is 8.10. The number of rotatable bonds is 14. The van der Waals surface area contributed by atoms with E-state index in [9.17, 15) is 4.79 Å². The van der Waals surface area contributed by atoms with Gasteiger partial charge in [0.05, 0.1) is 7.11 Å². The minimum Gasteiger partial charge on any atom is -0.497 e. The van der Waals surface area contributed by atoms with E-state index in [-0.39, 0.29) is 12.1 Å². The highest BCUT2D eigenvalue weighted by molar-refractivity contribution is 5.69. The van der Waals surface area contributed by atoms with Crippen molar-refractivity contribution in [3.8, 4) is 11.5 Å². The zero-order valence-corrected chi connectivity index (χ0v) is 19.4. The third kappa shape index (κ3) is 9.43. The van der Waals surface area contributed by atoms with Gasteiger partial charge in [0, 0.05) is 13.0 Å². The minimum absolute atomic E-state index is 0.142. The summed E-state index contributed by atoms with van der Waals surface area (Å²) in [5, 5.41) is 0. The molecule has 0 aliphatic rings. The van der Waals surface area contributed by atoms with Crippen LogP contribution in [0.15, 0.2) is 48.5 Å². The Labute approximate surface area is 187 Å². The lowest BCUT2D eigenvalue weighted by molar-refractivity contribution is -0.151. The molecular weight excluding hydrogens is 390 g/mol. The number of likely N-dealkylation sites (N-methyl/N-ethyl adjacent to an activating group) is 1. The molecule has 0 aliphatic heterocycles. The number of carbonyl (C=O) groups excluding carboxylic acids is 1. The maximum absolute atomic E-state index is 12.2. The average Bonchev–Trinajstić information content (AvgIpc) is 2.76. The molecule has 0 bridgehead atoms. The molecule has 0 spiro atoms. The van der Waals surface area contributed by atoms with E-state index in [0.717, 1.165) is 49.2 Å². The third-order valence-corrected chi connectivity index (χ3v) is 5.09. The molecule has 0 N–H and O–H groups in total. The topological polar surface area (TPSA) is 48.0 Å². The first-order valence-corrected chi connectivity index (χ1v) is 11.2. The molecule has 0 aliphatic carbocycles. The van der Waals surface area contributed by atoms with Crippen LogP contribution in [-0.2, 0) is 22.4 Å². The average molecular weight is 428 g/mol. The number of hydrogen-bond acceptors (Lipinski definition) is 5. The molecule has 0 aromatic heterocycles. The highest BCUT2D eigenvalue weighted by Gasteiger charge is 2.17. The van der Waals surface area contributed by atoms with Gasteiger partial charge in [-0.25, -0.2) is 0 Å². The van der Waals surface area contributed by atoms with Crippen LogP contribution in [0.3, 0.4) is 0 Å². The highest BCUT2D eigenvalue weighted by atomic mass is 16.6. The van der Waals surface area contributed by atoms with Gasteiger partial charge in [-0.2, -0.15) is 0 Å². The molecule has 0 unspecified atom stereocenters. The lowest BCUT2D eigenvalue weighted by atomic mass is 10.0. The summed E-state index contributed by atoms with van der Waals surface area (Å²) in [4.78, 5) is 14.2. The summed E-state index contributed by atoms with van der Waals surface area (Å²) in [6.07, 6.45) is 4.97. The number of unbranched alkanes of at least 4 members (excludes halogenated alkanes) is 2. The Morgan fingerprint density at radius 1 is 1.00 bits per heavy atom. The molecule has 0 radical (unpaired) electrons. The van der Waals surface area contributed by atoms with Crippen LogP contribution < -0.4 is 9.47 Å². The molecular formula is C26H37NO4. The summed E-state index contributed by atoms with van der Waals surface area (Å²) in [6.45, 7) is 3.10. The van der Waals surface area contributed by atoms with Gasteiger partial charge >= 0.3 is 5.97 Å². The van der Waals surface area contributed by atoms with E-state index in [1.807, 2.05) is 49.3 Å². The molecule has 0 amide bonds. The molecule has 0 heterocycles. The Hall–Kier alpha value is -2.53. The number of esters is 1. The van der Waals surface area contributed by atoms with E-state index in [2.05, 4.69) is 25.1 Å². The van der Waals surface area contributed by atoms with Crippen molar-refractivity contribution in [2.75, 3.05) is 34.4 Å². The molecule has 2 aromatic rings. The van der Waals surface area contributed by atoms with E-state index < -0.39 is 0 Å². The number of aryl methyl sites for hydroxylation is 2. The van der Waals surface area contributed by atoms with E-state index in [1.165, 1.54) is 5.56 Å². The first-order valence-electron chi connectivity index (χ1n) is 11.2. The van der Waals surface area contributed by atoms with Gasteiger partial charge in [0.2, 0.25) is 0 Å². The van der Waals surface area contributed by atoms with Crippen LogP contribution in [0.4, 0.5) is 0 Å². The molecule has 170 valence electrons. The van der Waals surface area contributed by atoms with Gasteiger partial charge in [0.25, 0.3) is 0 Å². The van der Waals surface area contributed by atoms with Crippen LogP contribution in [0.25, 0.3) is 0 Å². The van der Waals surface area contributed by atoms with Crippen molar-refractivity contribution in [2.45, 2.75) is 51.6 Å². The highest BCUT2D eigenvalue weighted by Crippen LogP contribution is 2.21. The molecule has 0 saturated carbocycles. The van der Waals surface area contributed by atoms with Gasteiger partial charge in [0.15, 0.2) is 0 Å². The van der Waals surface area contributed by atoms with Gasteiger partial charge in [-0.15, -0.1) is 0 Å². The first-order chi connectivity index (χ1) is 15.0. The summed E-state index contributed by atoms with van der Waals surface area (Å²) in [5.74, 6) is 1.57. The first kappa shape index (κ1) is 24.7. The lowest BCUT2D eigenvalue weighted by Crippen LogP contribution is -2.35. The fraction of sp³-hybridized carbons (Fsp3) is 0.500. The summed E-state index contributed by atoms with van der Waals surface area (Å²) >= 11 is 0. The van der Waals surface area contributed by atoms with Crippen LogP contribution >= 0.6 is 0 Å². The SMILES string of the molecule is CCCCCC(=O)O[C@@H](COc1ccccc1CCc1ccc(OC)cc1)CN(C)C.